The first-order valence-electron chi connectivity index (χ1n) is 0.879. The molecule has 0 fully saturated rings. The van der Waals surface area contributed by atoms with Gasteiger partial charge in [0.15, 0.2) is 0 Å². The Labute approximate surface area is 61.3 Å². The van der Waals surface area contributed by atoms with Crippen molar-refractivity contribution in [2.75, 3.05) is 0 Å². The van der Waals surface area contributed by atoms with E-state index in [1.165, 1.54) is 0 Å². The van der Waals surface area contributed by atoms with E-state index in [0.29, 0.717) is 0 Å². The van der Waals surface area contributed by atoms with E-state index in [4.69, 9.17) is 5.73 Å². The van der Waals surface area contributed by atoms with Gasteiger partial charge in [-0.05, 0) is 12.2 Å². The van der Waals surface area contributed by atoms with Crippen molar-refractivity contribution < 1.29 is 25.2 Å². The molecule has 0 saturated heterocycles. The van der Waals surface area contributed by atoms with E-state index in [1.807, 2.05) is 0 Å². The smallest absolute Gasteiger partial charge is 0.266 e. The molecule has 0 spiro atoms. The van der Waals surface area contributed by atoms with Crippen molar-refractivity contribution in [1.29, 1.82) is 0 Å². The van der Waals surface area contributed by atoms with Crippen LogP contribution in [0.1, 0.15) is 0 Å². The molecule has 6 heavy (non-hydrogen) atoms. The Morgan fingerprint density at radius 1 is 1.83 bits per heavy atom. The van der Waals surface area contributed by atoms with Gasteiger partial charge in [0, 0.05) is 34.0 Å². The minimum atomic E-state index is -0.0478. The SMILES string of the molecule is NC(=S)OS.[Mo]. The Balaban J connectivity index is 0. The number of rotatable bonds is 0. The first-order chi connectivity index (χ1) is 2.27. The standard InChI is InChI=1S/CH3NOS2.Mo/c2-1(4)3-5;/h5H,(H2,2,4);. The molecule has 0 aliphatic carbocycles. The van der Waals surface area contributed by atoms with Crippen LogP contribution in [0.5, 0.6) is 0 Å². The summed E-state index contributed by atoms with van der Waals surface area (Å²) in [4.78, 5) is 0. The van der Waals surface area contributed by atoms with Crippen molar-refractivity contribution in [2.45, 2.75) is 0 Å². The van der Waals surface area contributed by atoms with Gasteiger partial charge < -0.3 is 9.92 Å². The molecule has 2 nitrogen and oxygen atoms in total. The zero-order valence-electron chi connectivity index (χ0n) is 2.75. The molecule has 0 saturated carbocycles. The number of hydrogen-bond acceptors (Lipinski definition) is 3. The first kappa shape index (κ1) is 9.88. The third-order valence-electron chi connectivity index (χ3n) is 0.0900. The number of thiocarbonyl (C=S) groups is 1. The largest absolute Gasteiger partial charge is 0.401 e. The molecular formula is CH3MoNOS2. The molecule has 0 rings (SSSR count). The van der Waals surface area contributed by atoms with Gasteiger partial charge in [-0.15, -0.1) is 0 Å². The average molecular weight is 205 g/mol. The minimum absolute atomic E-state index is 0. The third kappa shape index (κ3) is 8.83. The van der Waals surface area contributed by atoms with Gasteiger partial charge in [0.25, 0.3) is 5.17 Å². The van der Waals surface area contributed by atoms with Crippen LogP contribution in [0.15, 0.2) is 0 Å². The molecular weight excluding hydrogens is 202 g/mol. The molecule has 36 valence electrons. The first-order valence-corrected chi connectivity index (χ1v) is 1.65. The fourth-order valence-electron chi connectivity index (χ4n) is 0. The number of nitrogens with two attached hydrogens (primary N) is 1. The van der Waals surface area contributed by atoms with Crippen molar-refractivity contribution >= 4 is 30.3 Å². The van der Waals surface area contributed by atoms with Gasteiger partial charge in [-0.1, -0.05) is 0 Å². The molecule has 0 aromatic rings. The second-order valence-electron chi connectivity index (χ2n) is 0.410. The summed E-state index contributed by atoms with van der Waals surface area (Å²) in [5, 5.41) is -0.0478. The quantitative estimate of drug-likeness (QED) is 0.254. The Morgan fingerprint density at radius 2 is 2.00 bits per heavy atom. The summed E-state index contributed by atoms with van der Waals surface area (Å²) in [5.41, 5.74) is 4.72. The maximum atomic E-state index is 4.72. The van der Waals surface area contributed by atoms with Crippen LogP contribution < -0.4 is 5.73 Å². The van der Waals surface area contributed by atoms with E-state index < -0.39 is 0 Å². The van der Waals surface area contributed by atoms with Gasteiger partial charge in [-0.25, -0.2) is 0 Å². The van der Waals surface area contributed by atoms with Crippen molar-refractivity contribution in [3.8, 4) is 0 Å². The Hall–Kier alpha value is 0.728. The predicted molar refractivity (Wildman–Crippen MR) is 26.9 cm³/mol. The van der Waals surface area contributed by atoms with Crippen LogP contribution in [0.4, 0.5) is 0 Å². The van der Waals surface area contributed by atoms with Crippen molar-refractivity contribution in [2.24, 2.45) is 5.73 Å². The van der Waals surface area contributed by atoms with Gasteiger partial charge in [-0.3, -0.25) is 0 Å². The zero-order chi connectivity index (χ0) is 4.28. The van der Waals surface area contributed by atoms with E-state index in [1.54, 1.807) is 0 Å². The number of thiol groups is 1. The number of hydrogen-bond donors (Lipinski definition) is 2. The van der Waals surface area contributed by atoms with Gasteiger partial charge in [-0.2, -0.15) is 0 Å². The molecule has 0 heterocycles. The summed E-state index contributed by atoms with van der Waals surface area (Å²) >= 11 is 7.43. The van der Waals surface area contributed by atoms with Gasteiger partial charge >= 0.3 is 0 Å². The average Bonchev–Trinajstić information content (AvgIpc) is 1.38. The maximum absolute atomic E-state index is 4.72. The summed E-state index contributed by atoms with van der Waals surface area (Å²) in [6.07, 6.45) is 0. The summed E-state index contributed by atoms with van der Waals surface area (Å²) in [6, 6.07) is 0. The van der Waals surface area contributed by atoms with Gasteiger partial charge in [0.2, 0.25) is 0 Å². The van der Waals surface area contributed by atoms with Crippen molar-refractivity contribution in [3.63, 3.8) is 0 Å². The van der Waals surface area contributed by atoms with Crippen LogP contribution in [0, 0.1) is 0 Å². The topological polar surface area (TPSA) is 35.2 Å². The van der Waals surface area contributed by atoms with Gasteiger partial charge in [0.1, 0.15) is 0 Å². The third-order valence-corrected chi connectivity index (χ3v) is 0.494. The zero-order valence-corrected chi connectivity index (χ0v) is 6.47. The molecule has 0 aliphatic heterocycles. The summed E-state index contributed by atoms with van der Waals surface area (Å²) in [5.74, 6) is 0. The van der Waals surface area contributed by atoms with Gasteiger partial charge in [0.05, 0.1) is 0 Å². The van der Waals surface area contributed by atoms with Crippen molar-refractivity contribution in [1.82, 2.24) is 0 Å². The molecule has 0 atom stereocenters. The molecule has 0 aromatic heterocycles. The van der Waals surface area contributed by atoms with Crippen LogP contribution in [0.3, 0.4) is 0 Å². The van der Waals surface area contributed by atoms with Crippen LogP contribution in [-0.4, -0.2) is 5.17 Å². The van der Waals surface area contributed by atoms with Crippen LogP contribution in [0.25, 0.3) is 0 Å². The monoisotopic (exact) mass is 207 g/mol. The van der Waals surface area contributed by atoms with E-state index in [2.05, 4.69) is 29.3 Å². The molecule has 0 amide bonds. The molecule has 0 radical (unpaired) electrons. The summed E-state index contributed by atoms with van der Waals surface area (Å²) in [7, 11) is 0. The summed E-state index contributed by atoms with van der Waals surface area (Å²) < 4.78 is 3.95. The molecule has 0 bridgehead atoms. The Bertz CT molecular complexity index is 48.8. The van der Waals surface area contributed by atoms with Crippen molar-refractivity contribution in [3.05, 3.63) is 0 Å². The van der Waals surface area contributed by atoms with Crippen LogP contribution in [-0.2, 0) is 25.2 Å². The van der Waals surface area contributed by atoms with E-state index in [0.717, 1.165) is 0 Å². The second kappa shape index (κ2) is 5.73. The fraction of sp³-hybridized carbons (Fsp3) is 0. The molecule has 0 aliphatic rings. The van der Waals surface area contributed by atoms with E-state index in [-0.39, 0.29) is 26.2 Å². The predicted octanol–water partition coefficient (Wildman–Crippen LogP) is 0.0889. The fourth-order valence-corrected chi connectivity index (χ4v) is 0. The minimum Gasteiger partial charge on any atom is -0.401 e. The molecule has 2 N–H and O–H groups in total. The van der Waals surface area contributed by atoms with Crippen LogP contribution in [0.2, 0.25) is 0 Å². The van der Waals surface area contributed by atoms with E-state index >= 15 is 0 Å². The molecule has 5 heteroatoms. The Kier molecular flexibility index (Phi) is 9.43. The second-order valence-corrected chi connectivity index (χ2v) is 0.995. The van der Waals surface area contributed by atoms with E-state index in [9.17, 15) is 0 Å². The summed E-state index contributed by atoms with van der Waals surface area (Å²) in [6.45, 7) is 0. The normalized spacial score (nSPS) is 5.50. The van der Waals surface area contributed by atoms with Crippen LogP contribution >= 0.6 is 25.1 Å². The maximum Gasteiger partial charge on any atom is 0.266 e. The Morgan fingerprint density at radius 3 is 2.00 bits per heavy atom. The molecule has 0 aromatic carbocycles. The molecule has 0 unspecified atom stereocenters.